The van der Waals surface area contributed by atoms with Gasteiger partial charge in [0.15, 0.2) is 0 Å². The first-order valence-electron chi connectivity index (χ1n) is 3.12. The molecule has 0 aromatic carbocycles. The molecule has 0 aliphatic carbocycles. The SMILES string of the molecule is C[Si](C)([O])[SiH]1O[SiH2]O[SiH2]O1. The van der Waals surface area contributed by atoms with Crippen LogP contribution in [0.15, 0.2) is 0 Å². The van der Waals surface area contributed by atoms with E-state index in [-0.39, 0.29) is 0 Å². The summed E-state index contributed by atoms with van der Waals surface area (Å²) in [4.78, 5) is 11.4. The molecule has 4 nitrogen and oxygen atoms in total. The van der Waals surface area contributed by atoms with Gasteiger partial charge in [0.05, 0.1) is 0 Å². The standard InChI is InChI=1S/C2H11O4Si4/c1-10(2,3)9-5-7-4-8-6-9/h9H,7-8H2,1-2H3. The Bertz CT molecular complexity index is 106. The van der Waals surface area contributed by atoms with E-state index in [9.17, 15) is 4.80 Å². The topological polar surface area (TPSA) is 47.6 Å². The molecule has 0 saturated carbocycles. The average Bonchev–Trinajstić information content (AvgIpc) is 1.88. The van der Waals surface area contributed by atoms with Crippen LogP contribution in [0.4, 0.5) is 0 Å². The Labute approximate surface area is 67.4 Å². The van der Waals surface area contributed by atoms with Crippen LogP contribution in [-0.4, -0.2) is 36.6 Å². The van der Waals surface area contributed by atoms with E-state index in [1.807, 2.05) is 0 Å². The third-order valence-electron chi connectivity index (χ3n) is 1.17. The highest BCUT2D eigenvalue weighted by Crippen LogP contribution is 2.07. The van der Waals surface area contributed by atoms with Gasteiger partial charge in [-0.05, 0) is 13.1 Å². The first-order chi connectivity index (χ1) is 4.61. The van der Waals surface area contributed by atoms with Crippen LogP contribution in [-0.2, 0) is 17.1 Å². The molecule has 1 saturated heterocycles. The minimum absolute atomic E-state index is 0.786. The highest BCUT2D eigenvalue weighted by atomic mass is 29.3. The molecule has 0 bridgehead atoms. The minimum atomic E-state index is -2.32. The fourth-order valence-corrected chi connectivity index (χ4v) is 17.4. The zero-order valence-electron chi connectivity index (χ0n) is 6.12. The molecular weight excluding hydrogens is 200 g/mol. The van der Waals surface area contributed by atoms with Gasteiger partial charge in [0, 0.05) is 0 Å². The van der Waals surface area contributed by atoms with Crippen LogP contribution in [0.2, 0.25) is 13.1 Å². The summed E-state index contributed by atoms with van der Waals surface area (Å²) < 4.78 is 15.6. The molecule has 0 spiro atoms. The lowest BCUT2D eigenvalue weighted by Gasteiger charge is -2.27. The summed E-state index contributed by atoms with van der Waals surface area (Å²) in [6, 6.07) is 0. The van der Waals surface area contributed by atoms with Crippen molar-refractivity contribution in [2.75, 3.05) is 0 Å². The molecule has 1 heterocycles. The molecule has 0 amide bonds. The van der Waals surface area contributed by atoms with E-state index in [4.69, 9.17) is 12.3 Å². The maximum atomic E-state index is 11.4. The van der Waals surface area contributed by atoms with Crippen LogP contribution in [0.3, 0.4) is 0 Å². The molecule has 0 aromatic heterocycles. The quantitative estimate of drug-likeness (QED) is 0.471. The van der Waals surface area contributed by atoms with Crippen LogP contribution >= 0.6 is 0 Å². The Balaban J connectivity index is 2.39. The van der Waals surface area contributed by atoms with E-state index in [0.717, 1.165) is 0 Å². The van der Waals surface area contributed by atoms with Crippen molar-refractivity contribution >= 4 is 36.6 Å². The van der Waals surface area contributed by atoms with Crippen molar-refractivity contribution in [2.45, 2.75) is 13.1 Å². The normalized spacial score (nSPS) is 33.3. The lowest BCUT2D eigenvalue weighted by molar-refractivity contribution is 0.322. The number of rotatable bonds is 1. The number of hydrogen-bond acceptors (Lipinski definition) is 3. The first-order valence-corrected chi connectivity index (χ1v) is 11.1. The van der Waals surface area contributed by atoms with E-state index in [2.05, 4.69) is 0 Å². The molecule has 59 valence electrons. The van der Waals surface area contributed by atoms with Gasteiger partial charge in [0.1, 0.15) is 0 Å². The zero-order valence-corrected chi connectivity index (χ0v) is 11.1. The predicted molar refractivity (Wildman–Crippen MR) is 45.7 cm³/mol. The molecule has 1 radical (unpaired) electrons. The molecule has 1 aliphatic heterocycles. The van der Waals surface area contributed by atoms with Crippen LogP contribution in [0.25, 0.3) is 0 Å². The third-order valence-corrected chi connectivity index (χ3v) is 13.6. The van der Waals surface area contributed by atoms with Gasteiger partial charge in [-0.2, -0.15) is 0 Å². The highest BCUT2D eigenvalue weighted by Gasteiger charge is 2.39. The van der Waals surface area contributed by atoms with Gasteiger partial charge >= 0.3 is 8.80 Å². The average molecular weight is 211 g/mol. The van der Waals surface area contributed by atoms with Gasteiger partial charge in [-0.1, -0.05) is 0 Å². The van der Waals surface area contributed by atoms with Crippen LogP contribution in [0.5, 0.6) is 0 Å². The highest BCUT2D eigenvalue weighted by molar-refractivity contribution is 7.25. The zero-order chi connectivity index (χ0) is 7.61. The largest absolute Gasteiger partial charge is 0.425 e. The molecule has 1 rings (SSSR count). The van der Waals surface area contributed by atoms with Crippen LogP contribution < -0.4 is 0 Å². The molecule has 1 aliphatic rings. The number of hydrogen-bond donors (Lipinski definition) is 0. The van der Waals surface area contributed by atoms with Crippen molar-refractivity contribution in [3.8, 4) is 0 Å². The fourth-order valence-electron chi connectivity index (χ4n) is 0.703. The lowest BCUT2D eigenvalue weighted by atomic mass is 11.9. The molecule has 8 heteroatoms. The summed E-state index contributed by atoms with van der Waals surface area (Å²) in [5, 5.41) is 0. The van der Waals surface area contributed by atoms with Crippen LogP contribution in [0, 0.1) is 0 Å². The second-order valence-corrected chi connectivity index (χ2v) is 16.9. The summed E-state index contributed by atoms with van der Waals surface area (Å²) in [5.74, 6) is 0. The van der Waals surface area contributed by atoms with E-state index in [1.54, 1.807) is 13.1 Å². The predicted octanol–water partition coefficient (Wildman–Crippen LogP) is -2.02. The van der Waals surface area contributed by atoms with Crippen molar-refractivity contribution < 1.29 is 17.1 Å². The summed E-state index contributed by atoms with van der Waals surface area (Å²) in [7, 11) is -5.63. The summed E-state index contributed by atoms with van der Waals surface area (Å²) in [5.41, 5.74) is 0. The second kappa shape index (κ2) is 3.40. The molecule has 0 N–H and O–H groups in total. The molecule has 0 atom stereocenters. The van der Waals surface area contributed by atoms with Crippen molar-refractivity contribution in [1.29, 1.82) is 0 Å². The van der Waals surface area contributed by atoms with Crippen molar-refractivity contribution in [1.82, 2.24) is 0 Å². The van der Waals surface area contributed by atoms with Gasteiger partial charge in [0.2, 0.25) is 0 Å². The van der Waals surface area contributed by atoms with E-state index in [0.29, 0.717) is 0 Å². The molecule has 0 aromatic rings. The third kappa shape index (κ3) is 2.39. The van der Waals surface area contributed by atoms with Gasteiger partial charge in [-0.25, -0.2) is 0 Å². The Kier molecular flexibility index (Phi) is 2.99. The molecule has 10 heavy (non-hydrogen) atoms. The fraction of sp³-hybridized carbons (Fsp3) is 1.00. The summed E-state index contributed by atoms with van der Waals surface area (Å²) in [6.45, 7) is 3.52. The molecule has 0 unspecified atom stereocenters. The van der Waals surface area contributed by atoms with E-state index >= 15 is 0 Å². The Morgan fingerprint density at radius 1 is 1.30 bits per heavy atom. The molecular formula is C2H11O4Si4. The molecule has 1 fully saturated rings. The first kappa shape index (κ1) is 8.80. The van der Waals surface area contributed by atoms with Gasteiger partial charge < -0.3 is 12.3 Å². The van der Waals surface area contributed by atoms with Crippen molar-refractivity contribution in [3.63, 3.8) is 0 Å². The maximum Gasteiger partial charge on any atom is 0.319 e. The van der Waals surface area contributed by atoms with E-state index in [1.165, 1.54) is 0 Å². The second-order valence-electron chi connectivity index (χ2n) is 2.71. The summed E-state index contributed by atoms with van der Waals surface area (Å²) in [6.07, 6.45) is 0. The Hall–Kier alpha value is 0.708. The van der Waals surface area contributed by atoms with Gasteiger partial charge in [0.25, 0.3) is 27.8 Å². The van der Waals surface area contributed by atoms with Crippen molar-refractivity contribution in [2.24, 2.45) is 0 Å². The Morgan fingerprint density at radius 2 is 1.80 bits per heavy atom. The monoisotopic (exact) mass is 211 g/mol. The van der Waals surface area contributed by atoms with Gasteiger partial charge in [-0.15, -0.1) is 0 Å². The Morgan fingerprint density at radius 3 is 2.10 bits per heavy atom. The minimum Gasteiger partial charge on any atom is -0.425 e. The van der Waals surface area contributed by atoms with Gasteiger partial charge in [-0.3, -0.25) is 4.80 Å². The lowest BCUT2D eigenvalue weighted by Crippen LogP contribution is -2.53. The summed E-state index contributed by atoms with van der Waals surface area (Å²) >= 11 is 0. The van der Waals surface area contributed by atoms with Crippen LogP contribution in [0.1, 0.15) is 0 Å². The maximum absolute atomic E-state index is 11.4. The van der Waals surface area contributed by atoms with Crippen molar-refractivity contribution in [3.05, 3.63) is 0 Å². The van der Waals surface area contributed by atoms with E-state index < -0.39 is 36.6 Å². The smallest absolute Gasteiger partial charge is 0.319 e.